The van der Waals surface area contributed by atoms with Crippen molar-refractivity contribution in [2.45, 2.75) is 45.8 Å². The van der Waals surface area contributed by atoms with Crippen LogP contribution in [-0.4, -0.2) is 42.5 Å². The van der Waals surface area contributed by atoms with Gasteiger partial charge in [0, 0.05) is 25.0 Å². The van der Waals surface area contributed by atoms with Gasteiger partial charge in [0.15, 0.2) is 5.82 Å². The summed E-state index contributed by atoms with van der Waals surface area (Å²) in [4.78, 5) is 28.7. The summed E-state index contributed by atoms with van der Waals surface area (Å²) in [7, 11) is 1.75. The third kappa shape index (κ3) is 3.64. The molecule has 8 heteroatoms. The first-order chi connectivity index (χ1) is 17.2. The number of amides is 1. The molecule has 2 aromatic heterocycles. The van der Waals surface area contributed by atoms with Crippen LogP contribution >= 0.6 is 0 Å². The van der Waals surface area contributed by atoms with Crippen LogP contribution in [0.25, 0.3) is 27.8 Å². The second-order valence-electron chi connectivity index (χ2n) is 9.40. The summed E-state index contributed by atoms with van der Waals surface area (Å²) in [5, 5.41) is 10.2. The molecule has 0 saturated heterocycles. The minimum Gasteiger partial charge on any atom is -0.382 e. The van der Waals surface area contributed by atoms with E-state index in [9.17, 15) is 9.90 Å². The quantitative estimate of drug-likeness (QED) is 0.425. The summed E-state index contributed by atoms with van der Waals surface area (Å²) >= 11 is 0. The third-order valence-corrected chi connectivity index (χ3v) is 6.52. The number of halogens is 1. The fraction of sp³-hybridized carbons (Fsp3) is 0.286. The molecular formula is C28H26FN5O2. The Hall–Kier alpha value is -4.09. The number of rotatable bonds is 3. The molecule has 4 aromatic rings. The largest absolute Gasteiger partial charge is 0.382 e. The van der Waals surface area contributed by atoms with Gasteiger partial charge in [0.05, 0.1) is 33.9 Å². The van der Waals surface area contributed by atoms with Crippen LogP contribution < -0.4 is 0 Å². The van der Waals surface area contributed by atoms with E-state index in [4.69, 9.17) is 4.98 Å². The molecule has 5 rings (SSSR count). The molecule has 1 unspecified atom stereocenters. The number of hydrogen-bond donors (Lipinski definition) is 1. The molecule has 36 heavy (non-hydrogen) atoms. The molecule has 0 spiro atoms. The van der Waals surface area contributed by atoms with E-state index in [1.54, 1.807) is 45.1 Å². The molecule has 1 amide bonds. The molecule has 1 N–H and O–H groups in total. The molecular weight excluding hydrogens is 457 g/mol. The van der Waals surface area contributed by atoms with Crippen molar-refractivity contribution < 1.29 is 14.3 Å². The second-order valence-corrected chi connectivity index (χ2v) is 9.40. The average Bonchev–Trinajstić information content (AvgIpc) is 3.19. The lowest BCUT2D eigenvalue weighted by Gasteiger charge is -2.24. The molecule has 2 aromatic carbocycles. The molecule has 1 atom stereocenters. The van der Waals surface area contributed by atoms with Gasteiger partial charge in [-0.25, -0.2) is 19.3 Å². The standard InChI is InChI=1S/C28H26FN5O2/c1-6-8-18-20(29)11-10-19-24(18)34-23-13-16(17-14-30-27(31-15-17)28(3,4)36)9-12-21(23)32-25(34)22(7-2)33(5)26(19)35/h9-15,22,36H,7H2,1-5H3. The normalized spacial score (nSPS) is 15.2. The topological polar surface area (TPSA) is 84.1 Å². The summed E-state index contributed by atoms with van der Waals surface area (Å²) in [6, 6.07) is 8.27. The Kier molecular flexibility index (Phi) is 5.61. The highest BCUT2D eigenvalue weighted by Gasteiger charge is 2.35. The van der Waals surface area contributed by atoms with Crippen LogP contribution in [0.3, 0.4) is 0 Å². The van der Waals surface area contributed by atoms with Crippen LogP contribution in [-0.2, 0) is 5.60 Å². The first-order valence-corrected chi connectivity index (χ1v) is 11.8. The molecule has 1 aliphatic heterocycles. The zero-order chi connectivity index (χ0) is 25.8. The maximum atomic E-state index is 15.1. The Balaban J connectivity index is 1.82. The van der Waals surface area contributed by atoms with Crippen molar-refractivity contribution in [3.8, 4) is 28.7 Å². The summed E-state index contributed by atoms with van der Waals surface area (Å²) in [6.45, 7) is 6.89. The van der Waals surface area contributed by atoms with Crippen molar-refractivity contribution in [3.05, 3.63) is 71.3 Å². The Labute approximate surface area is 208 Å². The van der Waals surface area contributed by atoms with Gasteiger partial charge in [-0.3, -0.25) is 9.36 Å². The number of carbonyl (C=O) groups is 1. The lowest BCUT2D eigenvalue weighted by molar-refractivity contribution is 0.0686. The van der Waals surface area contributed by atoms with E-state index >= 15 is 4.39 Å². The predicted octanol–water partition coefficient (Wildman–Crippen LogP) is 4.76. The third-order valence-electron chi connectivity index (χ3n) is 6.52. The fourth-order valence-electron chi connectivity index (χ4n) is 4.70. The average molecular weight is 484 g/mol. The Morgan fingerprint density at radius 3 is 2.50 bits per heavy atom. The number of fused-ring (bicyclic) bond motifs is 5. The van der Waals surface area contributed by atoms with Crippen molar-refractivity contribution in [2.24, 2.45) is 0 Å². The number of nitrogens with zero attached hydrogens (tertiary/aromatic N) is 5. The number of carbonyl (C=O) groups excluding carboxylic acids is 1. The summed E-state index contributed by atoms with van der Waals surface area (Å²) in [6.07, 6.45) is 3.96. The molecule has 7 nitrogen and oxygen atoms in total. The molecule has 0 saturated carbocycles. The smallest absolute Gasteiger partial charge is 0.256 e. The highest BCUT2D eigenvalue weighted by atomic mass is 19.1. The van der Waals surface area contributed by atoms with Crippen molar-refractivity contribution in [1.82, 2.24) is 24.4 Å². The first kappa shape index (κ1) is 23.6. The van der Waals surface area contributed by atoms with Crippen molar-refractivity contribution in [1.29, 1.82) is 0 Å². The zero-order valence-corrected chi connectivity index (χ0v) is 20.8. The van der Waals surface area contributed by atoms with Crippen LogP contribution in [0.5, 0.6) is 0 Å². The van der Waals surface area contributed by atoms with E-state index < -0.39 is 11.4 Å². The Morgan fingerprint density at radius 1 is 1.14 bits per heavy atom. The molecule has 0 bridgehead atoms. The molecule has 1 aliphatic rings. The molecule has 0 fully saturated rings. The van der Waals surface area contributed by atoms with Crippen LogP contribution in [0.2, 0.25) is 0 Å². The summed E-state index contributed by atoms with van der Waals surface area (Å²) < 4.78 is 17.0. The SMILES string of the molecule is CC#Cc1c(F)ccc2c1-n1c(nc3ccc(-c4cnc(C(C)(C)O)nc4)cc31)C(CC)N(C)C2=O. The number of aromatic nitrogens is 4. The lowest BCUT2D eigenvalue weighted by Crippen LogP contribution is -2.30. The van der Waals surface area contributed by atoms with Gasteiger partial charge < -0.3 is 10.0 Å². The maximum Gasteiger partial charge on any atom is 0.256 e. The first-order valence-electron chi connectivity index (χ1n) is 11.8. The number of hydrogen-bond acceptors (Lipinski definition) is 5. The van der Waals surface area contributed by atoms with Gasteiger partial charge in [-0.15, -0.1) is 5.92 Å². The van der Waals surface area contributed by atoms with Gasteiger partial charge in [0.25, 0.3) is 5.91 Å². The van der Waals surface area contributed by atoms with E-state index in [1.807, 2.05) is 29.7 Å². The Morgan fingerprint density at radius 2 is 1.86 bits per heavy atom. The van der Waals surface area contributed by atoms with E-state index in [0.717, 1.165) is 22.2 Å². The van der Waals surface area contributed by atoms with Crippen molar-refractivity contribution in [3.63, 3.8) is 0 Å². The van der Waals surface area contributed by atoms with E-state index in [2.05, 4.69) is 21.8 Å². The van der Waals surface area contributed by atoms with Crippen LogP contribution in [0.15, 0.2) is 42.7 Å². The van der Waals surface area contributed by atoms with Crippen LogP contribution in [0, 0.1) is 17.7 Å². The Bertz CT molecular complexity index is 1570. The monoisotopic (exact) mass is 483 g/mol. The van der Waals surface area contributed by atoms with Gasteiger partial charge in [0.1, 0.15) is 17.2 Å². The van der Waals surface area contributed by atoms with Gasteiger partial charge >= 0.3 is 0 Å². The van der Waals surface area contributed by atoms with Crippen LogP contribution in [0.1, 0.15) is 67.7 Å². The summed E-state index contributed by atoms with van der Waals surface area (Å²) in [5.74, 6) is 5.94. The second kappa shape index (κ2) is 8.54. The highest BCUT2D eigenvalue weighted by Crippen LogP contribution is 2.38. The van der Waals surface area contributed by atoms with E-state index in [-0.39, 0.29) is 17.5 Å². The predicted molar refractivity (Wildman–Crippen MR) is 135 cm³/mol. The highest BCUT2D eigenvalue weighted by molar-refractivity contribution is 6.01. The molecule has 3 heterocycles. The number of aliphatic hydroxyl groups is 1. The van der Waals surface area contributed by atoms with Gasteiger partial charge in [-0.1, -0.05) is 18.9 Å². The van der Waals surface area contributed by atoms with Gasteiger partial charge in [-0.2, -0.15) is 0 Å². The number of benzene rings is 2. The van der Waals surface area contributed by atoms with Crippen molar-refractivity contribution >= 4 is 16.9 Å². The van der Waals surface area contributed by atoms with Gasteiger partial charge in [-0.05, 0) is 57.0 Å². The molecule has 0 radical (unpaired) electrons. The minimum atomic E-state index is -1.15. The fourth-order valence-corrected chi connectivity index (χ4v) is 4.70. The minimum absolute atomic E-state index is 0.164. The molecule has 182 valence electrons. The maximum absolute atomic E-state index is 15.1. The zero-order valence-electron chi connectivity index (χ0n) is 20.8. The van der Waals surface area contributed by atoms with E-state index in [0.29, 0.717) is 29.3 Å². The van der Waals surface area contributed by atoms with Gasteiger partial charge in [0.2, 0.25) is 0 Å². The summed E-state index contributed by atoms with van der Waals surface area (Å²) in [5.41, 5.74) is 2.81. The van der Waals surface area contributed by atoms with Crippen molar-refractivity contribution in [2.75, 3.05) is 7.05 Å². The lowest BCUT2D eigenvalue weighted by atomic mass is 10.0. The molecule has 0 aliphatic carbocycles. The van der Waals surface area contributed by atoms with E-state index in [1.165, 1.54) is 12.1 Å². The number of imidazole rings is 1. The van der Waals surface area contributed by atoms with Crippen LogP contribution in [0.4, 0.5) is 4.39 Å².